The molecule has 0 radical (unpaired) electrons. The van der Waals surface area contributed by atoms with Gasteiger partial charge >= 0.3 is 11.6 Å². The molecule has 2 rings (SSSR count). The molecule has 0 atom stereocenters. The standard InChI is InChI=1S/C17H16ClNO5/c1-2-8-19-16(21)13-9-11-5-6-12(10-14(11)24-17(13)22)23-15(20)4-3-7-18/h2,5-6,9-10H,1,3-4,7-8H2,(H,19,21). The van der Waals surface area contributed by atoms with Crippen molar-refractivity contribution in [2.24, 2.45) is 0 Å². The second kappa shape index (κ2) is 8.31. The monoisotopic (exact) mass is 349 g/mol. The van der Waals surface area contributed by atoms with Gasteiger partial charge in [-0.05, 0) is 24.6 Å². The third kappa shape index (κ3) is 4.45. The molecule has 1 N–H and O–H groups in total. The van der Waals surface area contributed by atoms with Crippen LogP contribution in [-0.2, 0) is 4.79 Å². The zero-order valence-electron chi connectivity index (χ0n) is 12.8. The number of ether oxygens (including phenoxy) is 1. The number of carbonyl (C=O) groups excluding carboxylic acids is 2. The molecule has 1 heterocycles. The molecule has 0 aliphatic rings. The molecule has 0 unspecified atom stereocenters. The van der Waals surface area contributed by atoms with Crippen LogP contribution < -0.4 is 15.7 Å². The van der Waals surface area contributed by atoms with E-state index in [9.17, 15) is 14.4 Å². The van der Waals surface area contributed by atoms with Gasteiger partial charge in [-0.1, -0.05) is 6.08 Å². The number of alkyl halides is 1. The Hall–Kier alpha value is -2.60. The molecule has 0 aliphatic carbocycles. The number of halogens is 1. The maximum atomic E-state index is 11.9. The van der Waals surface area contributed by atoms with Gasteiger partial charge in [0.15, 0.2) is 0 Å². The number of benzene rings is 1. The first-order valence-corrected chi connectivity index (χ1v) is 7.82. The van der Waals surface area contributed by atoms with Crippen LogP contribution in [0, 0.1) is 0 Å². The quantitative estimate of drug-likeness (QED) is 0.273. The zero-order chi connectivity index (χ0) is 17.5. The summed E-state index contributed by atoms with van der Waals surface area (Å²) >= 11 is 5.52. The summed E-state index contributed by atoms with van der Waals surface area (Å²) in [6.45, 7) is 3.73. The van der Waals surface area contributed by atoms with E-state index in [2.05, 4.69) is 11.9 Å². The van der Waals surface area contributed by atoms with Crippen LogP contribution in [0.15, 0.2) is 46.1 Å². The van der Waals surface area contributed by atoms with Crippen molar-refractivity contribution in [2.75, 3.05) is 12.4 Å². The minimum Gasteiger partial charge on any atom is -0.426 e. The van der Waals surface area contributed by atoms with E-state index in [-0.39, 0.29) is 29.9 Å². The second-order valence-electron chi connectivity index (χ2n) is 4.91. The first-order valence-electron chi connectivity index (χ1n) is 7.29. The zero-order valence-corrected chi connectivity index (χ0v) is 13.6. The van der Waals surface area contributed by atoms with Gasteiger partial charge in [-0.25, -0.2) is 4.79 Å². The van der Waals surface area contributed by atoms with Crippen molar-refractivity contribution in [2.45, 2.75) is 12.8 Å². The maximum Gasteiger partial charge on any atom is 0.349 e. The minimum atomic E-state index is -0.769. The molecule has 0 bridgehead atoms. The molecule has 24 heavy (non-hydrogen) atoms. The van der Waals surface area contributed by atoms with E-state index >= 15 is 0 Å². The van der Waals surface area contributed by atoms with Crippen molar-refractivity contribution in [1.82, 2.24) is 5.32 Å². The van der Waals surface area contributed by atoms with E-state index in [1.165, 1.54) is 18.2 Å². The van der Waals surface area contributed by atoms with Gasteiger partial charge in [0.2, 0.25) is 0 Å². The van der Waals surface area contributed by atoms with Crippen molar-refractivity contribution in [3.63, 3.8) is 0 Å². The Balaban J connectivity index is 2.25. The van der Waals surface area contributed by atoms with Crippen molar-refractivity contribution in [3.8, 4) is 5.75 Å². The van der Waals surface area contributed by atoms with Gasteiger partial charge < -0.3 is 14.5 Å². The third-order valence-electron chi connectivity index (χ3n) is 3.11. The molecule has 126 valence electrons. The largest absolute Gasteiger partial charge is 0.426 e. The highest BCUT2D eigenvalue weighted by molar-refractivity contribution is 6.17. The SMILES string of the molecule is C=CCNC(=O)c1cc2ccc(OC(=O)CCCCl)cc2oc1=O. The van der Waals surface area contributed by atoms with Crippen LogP contribution in [0.3, 0.4) is 0 Å². The van der Waals surface area contributed by atoms with Gasteiger partial charge in [-0.3, -0.25) is 9.59 Å². The highest BCUT2D eigenvalue weighted by Crippen LogP contribution is 2.21. The number of rotatable bonds is 7. The molecule has 1 aromatic carbocycles. The van der Waals surface area contributed by atoms with Crippen LogP contribution in [0.2, 0.25) is 0 Å². The number of hydrogen-bond acceptors (Lipinski definition) is 5. The fourth-order valence-corrected chi connectivity index (χ4v) is 2.10. The van der Waals surface area contributed by atoms with Gasteiger partial charge in [-0.15, -0.1) is 18.2 Å². The summed E-state index contributed by atoms with van der Waals surface area (Å²) in [4.78, 5) is 35.4. The van der Waals surface area contributed by atoms with E-state index in [4.69, 9.17) is 20.8 Å². The number of fused-ring (bicyclic) bond motifs is 1. The van der Waals surface area contributed by atoms with Crippen LogP contribution >= 0.6 is 11.6 Å². The Morgan fingerprint density at radius 2 is 2.12 bits per heavy atom. The molecule has 0 fully saturated rings. The molecule has 0 spiro atoms. The summed E-state index contributed by atoms with van der Waals surface area (Å²) < 4.78 is 10.3. The predicted molar refractivity (Wildman–Crippen MR) is 90.6 cm³/mol. The molecule has 1 amide bonds. The summed E-state index contributed by atoms with van der Waals surface area (Å²) in [5.41, 5.74) is -0.645. The maximum absolute atomic E-state index is 11.9. The topological polar surface area (TPSA) is 85.6 Å². The van der Waals surface area contributed by atoms with Crippen molar-refractivity contribution in [1.29, 1.82) is 0 Å². The average Bonchev–Trinajstić information content (AvgIpc) is 2.57. The molecule has 1 aromatic heterocycles. The summed E-state index contributed by atoms with van der Waals surface area (Å²) in [6, 6.07) is 6.03. The number of carbonyl (C=O) groups is 2. The lowest BCUT2D eigenvalue weighted by Crippen LogP contribution is -2.28. The van der Waals surface area contributed by atoms with Crippen LogP contribution in [0.25, 0.3) is 11.0 Å². The van der Waals surface area contributed by atoms with Crippen LogP contribution in [-0.4, -0.2) is 24.3 Å². The molecule has 0 aliphatic heterocycles. The molecular formula is C17H16ClNO5. The van der Waals surface area contributed by atoms with E-state index in [0.717, 1.165) is 0 Å². The van der Waals surface area contributed by atoms with Crippen LogP contribution in [0.1, 0.15) is 23.2 Å². The fourth-order valence-electron chi connectivity index (χ4n) is 1.97. The minimum absolute atomic E-state index is 0.101. The molecule has 7 heteroatoms. The van der Waals surface area contributed by atoms with Crippen molar-refractivity contribution >= 4 is 34.4 Å². The normalized spacial score (nSPS) is 10.4. The van der Waals surface area contributed by atoms with Gasteiger partial charge in [0, 0.05) is 30.3 Å². The Kier molecular flexibility index (Phi) is 6.14. The van der Waals surface area contributed by atoms with Crippen molar-refractivity contribution < 1.29 is 18.7 Å². The Morgan fingerprint density at radius 1 is 1.33 bits per heavy atom. The highest BCUT2D eigenvalue weighted by atomic mass is 35.5. The van der Waals surface area contributed by atoms with Gasteiger partial charge in [-0.2, -0.15) is 0 Å². The summed E-state index contributed by atoms with van der Waals surface area (Å²) in [7, 11) is 0. The summed E-state index contributed by atoms with van der Waals surface area (Å²) in [6.07, 6.45) is 2.23. The Bertz CT molecular complexity index is 827. The number of esters is 1. The van der Waals surface area contributed by atoms with Gasteiger partial charge in [0.1, 0.15) is 16.9 Å². The molecule has 2 aromatic rings. The summed E-state index contributed by atoms with van der Waals surface area (Å²) in [5.74, 6) is -0.327. The smallest absolute Gasteiger partial charge is 0.349 e. The van der Waals surface area contributed by atoms with E-state index in [0.29, 0.717) is 17.7 Å². The van der Waals surface area contributed by atoms with Crippen molar-refractivity contribution in [3.05, 3.63) is 52.9 Å². The van der Waals surface area contributed by atoms with Crippen LogP contribution in [0.4, 0.5) is 0 Å². The number of nitrogens with one attached hydrogen (secondary N) is 1. The highest BCUT2D eigenvalue weighted by Gasteiger charge is 2.14. The molecule has 6 nitrogen and oxygen atoms in total. The lowest BCUT2D eigenvalue weighted by molar-refractivity contribution is -0.134. The Morgan fingerprint density at radius 3 is 2.83 bits per heavy atom. The van der Waals surface area contributed by atoms with E-state index in [1.54, 1.807) is 12.1 Å². The van der Waals surface area contributed by atoms with Gasteiger partial charge in [0.25, 0.3) is 5.91 Å². The molecular weight excluding hydrogens is 334 g/mol. The molecule has 0 saturated heterocycles. The van der Waals surface area contributed by atoms with Gasteiger partial charge in [0.05, 0.1) is 0 Å². The van der Waals surface area contributed by atoms with E-state index in [1.807, 2.05) is 0 Å². The average molecular weight is 350 g/mol. The van der Waals surface area contributed by atoms with E-state index < -0.39 is 17.5 Å². The first kappa shape index (κ1) is 17.7. The lowest BCUT2D eigenvalue weighted by Gasteiger charge is -2.06. The fraction of sp³-hybridized carbons (Fsp3) is 0.235. The molecule has 0 saturated carbocycles. The predicted octanol–water partition coefficient (Wildman–Crippen LogP) is 2.63. The first-order chi connectivity index (χ1) is 11.5. The number of hydrogen-bond donors (Lipinski definition) is 1. The second-order valence-corrected chi connectivity index (χ2v) is 5.29. The number of amides is 1. The van der Waals surface area contributed by atoms with Crippen LogP contribution in [0.5, 0.6) is 5.75 Å². The summed E-state index contributed by atoms with van der Waals surface area (Å²) in [5, 5.41) is 3.05. The lowest BCUT2D eigenvalue weighted by atomic mass is 10.1. The Labute approximate surface area is 143 Å². The third-order valence-corrected chi connectivity index (χ3v) is 3.37.